The predicted molar refractivity (Wildman–Crippen MR) is 71.0 cm³/mol. The van der Waals surface area contributed by atoms with Crippen LogP contribution in [0.15, 0.2) is 23.1 Å². The Hall–Kier alpha value is -2.04. The molecule has 116 valence electrons. The van der Waals surface area contributed by atoms with Crippen molar-refractivity contribution in [2.24, 2.45) is 0 Å². The Balaban J connectivity index is 3.13. The average molecular weight is 318 g/mol. The molecule has 1 unspecified atom stereocenters. The average Bonchev–Trinajstić information content (AvgIpc) is 2.43. The molecule has 1 aromatic carbocycles. The number of nitrogens with zero attached hydrogens (tertiary/aromatic N) is 1. The van der Waals surface area contributed by atoms with Gasteiger partial charge in [0.05, 0.1) is 23.5 Å². The van der Waals surface area contributed by atoms with Gasteiger partial charge in [-0.2, -0.15) is 4.72 Å². The SMILES string of the molecule is COC(=O)C(CO)NS(=O)(=O)c1ccc([N+](=O)[O-])cc1C. The maximum absolute atomic E-state index is 12.1. The first kappa shape index (κ1) is 17.0. The Bertz CT molecular complexity index is 657. The molecule has 0 saturated carbocycles. The van der Waals surface area contributed by atoms with Crippen molar-refractivity contribution in [1.29, 1.82) is 0 Å². The van der Waals surface area contributed by atoms with Gasteiger partial charge in [0.2, 0.25) is 10.0 Å². The second kappa shape index (κ2) is 6.61. The summed E-state index contributed by atoms with van der Waals surface area (Å²) in [4.78, 5) is 21.0. The molecule has 0 aliphatic rings. The molecular weight excluding hydrogens is 304 g/mol. The summed E-state index contributed by atoms with van der Waals surface area (Å²) in [6.45, 7) is 0.603. The Morgan fingerprint density at radius 3 is 2.57 bits per heavy atom. The number of aliphatic hydroxyl groups is 1. The lowest BCUT2D eigenvalue weighted by atomic mass is 10.2. The van der Waals surface area contributed by atoms with Crippen molar-refractivity contribution in [1.82, 2.24) is 4.72 Å². The van der Waals surface area contributed by atoms with Crippen LogP contribution in [0, 0.1) is 17.0 Å². The molecule has 0 spiro atoms. The standard InChI is InChI=1S/C11H14N2O7S/c1-7-5-8(13(16)17)3-4-10(7)21(18,19)12-9(6-14)11(15)20-2/h3-5,9,12,14H,6H2,1-2H3. The molecule has 1 atom stereocenters. The Morgan fingerprint density at radius 1 is 1.52 bits per heavy atom. The molecule has 1 rings (SSSR count). The van der Waals surface area contributed by atoms with Crippen molar-refractivity contribution < 1.29 is 28.0 Å². The maximum atomic E-state index is 12.1. The summed E-state index contributed by atoms with van der Waals surface area (Å²) in [5, 5.41) is 19.6. The number of aliphatic hydroxyl groups excluding tert-OH is 1. The molecule has 1 aromatic rings. The quantitative estimate of drug-likeness (QED) is 0.418. The fourth-order valence-corrected chi connectivity index (χ4v) is 3.00. The number of nitro benzene ring substituents is 1. The Labute approximate surface area is 120 Å². The largest absolute Gasteiger partial charge is 0.468 e. The normalized spacial score (nSPS) is 12.7. The van der Waals surface area contributed by atoms with Gasteiger partial charge < -0.3 is 9.84 Å². The number of nitro groups is 1. The number of nitrogens with one attached hydrogen (secondary N) is 1. The highest BCUT2D eigenvalue weighted by Crippen LogP contribution is 2.21. The lowest BCUT2D eigenvalue weighted by molar-refractivity contribution is -0.385. The van der Waals surface area contributed by atoms with E-state index in [0.717, 1.165) is 25.3 Å². The summed E-state index contributed by atoms with van der Waals surface area (Å²) >= 11 is 0. The summed E-state index contributed by atoms with van der Waals surface area (Å²) < 4.78 is 30.6. The summed E-state index contributed by atoms with van der Waals surface area (Å²) in [5.41, 5.74) is -0.114. The first-order chi connectivity index (χ1) is 9.72. The van der Waals surface area contributed by atoms with E-state index in [4.69, 9.17) is 5.11 Å². The van der Waals surface area contributed by atoms with Crippen LogP contribution in [0.5, 0.6) is 0 Å². The predicted octanol–water partition coefficient (Wildman–Crippen LogP) is -0.285. The lowest BCUT2D eigenvalue weighted by Gasteiger charge is -2.15. The number of sulfonamides is 1. The van der Waals surface area contributed by atoms with Gasteiger partial charge in [-0.15, -0.1) is 0 Å². The molecule has 0 aromatic heterocycles. The van der Waals surface area contributed by atoms with Crippen LogP contribution in [-0.4, -0.2) is 44.2 Å². The minimum Gasteiger partial charge on any atom is -0.468 e. The number of ether oxygens (including phenoxy) is 1. The van der Waals surface area contributed by atoms with Gasteiger partial charge in [0.25, 0.3) is 5.69 Å². The number of carbonyl (C=O) groups excluding carboxylic acids is 1. The van der Waals surface area contributed by atoms with Gasteiger partial charge in [0.1, 0.15) is 6.04 Å². The number of carbonyl (C=O) groups is 1. The number of hydrogen-bond acceptors (Lipinski definition) is 7. The fraction of sp³-hybridized carbons (Fsp3) is 0.364. The van der Waals surface area contributed by atoms with Crippen molar-refractivity contribution in [2.75, 3.05) is 13.7 Å². The topological polar surface area (TPSA) is 136 Å². The molecule has 0 heterocycles. The van der Waals surface area contributed by atoms with E-state index in [1.807, 2.05) is 4.72 Å². The number of non-ortho nitro benzene ring substituents is 1. The van der Waals surface area contributed by atoms with Gasteiger partial charge in [0.15, 0.2) is 0 Å². The number of hydrogen-bond donors (Lipinski definition) is 2. The van der Waals surface area contributed by atoms with Crippen molar-refractivity contribution in [3.8, 4) is 0 Å². The van der Waals surface area contributed by atoms with Gasteiger partial charge in [-0.05, 0) is 18.6 Å². The molecule has 2 N–H and O–H groups in total. The lowest BCUT2D eigenvalue weighted by Crippen LogP contribution is -2.44. The van der Waals surface area contributed by atoms with Crippen LogP contribution in [0.2, 0.25) is 0 Å². The van der Waals surface area contributed by atoms with E-state index in [9.17, 15) is 23.3 Å². The molecule has 9 nitrogen and oxygen atoms in total. The summed E-state index contributed by atoms with van der Waals surface area (Å²) in [7, 11) is -3.08. The van der Waals surface area contributed by atoms with Crippen molar-refractivity contribution in [3.63, 3.8) is 0 Å². The van der Waals surface area contributed by atoms with Crippen LogP contribution in [-0.2, 0) is 19.6 Å². The van der Waals surface area contributed by atoms with Gasteiger partial charge in [0, 0.05) is 12.1 Å². The highest BCUT2D eigenvalue weighted by molar-refractivity contribution is 7.89. The zero-order valence-electron chi connectivity index (χ0n) is 11.3. The first-order valence-electron chi connectivity index (χ1n) is 5.69. The monoisotopic (exact) mass is 318 g/mol. The molecule has 0 radical (unpaired) electrons. The Morgan fingerprint density at radius 2 is 2.14 bits per heavy atom. The minimum atomic E-state index is -4.13. The van der Waals surface area contributed by atoms with Crippen LogP contribution in [0.4, 0.5) is 5.69 Å². The second-order valence-electron chi connectivity index (χ2n) is 4.09. The number of esters is 1. The number of benzene rings is 1. The molecule has 0 amide bonds. The van der Waals surface area contributed by atoms with Crippen molar-refractivity contribution in [2.45, 2.75) is 17.9 Å². The molecule has 0 saturated heterocycles. The van der Waals surface area contributed by atoms with Gasteiger partial charge in [-0.1, -0.05) is 0 Å². The molecule has 0 aliphatic carbocycles. The highest BCUT2D eigenvalue weighted by Gasteiger charge is 2.27. The smallest absolute Gasteiger partial charge is 0.326 e. The van der Waals surface area contributed by atoms with Crippen molar-refractivity contribution >= 4 is 21.7 Å². The Kier molecular flexibility index (Phi) is 5.35. The third kappa shape index (κ3) is 3.97. The minimum absolute atomic E-state index is 0.137. The summed E-state index contributed by atoms with van der Waals surface area (Å²) in [5.74, 6) is -0.944. The molecule has 21 heavy (non-hydrogen) atoms. The fourth-order valence-electron chi connectivity index (χ4n) is 1.60. The molecule has 0 aliphatic heterocycles. The molecule has 0 bridgehead atoms. The first-order valence-corrected chi connectivity index (χ1v) is 7.17. The molecular formula is C11H14N2O7S. The van der Waals surface area contributed by atoms with E-state index in [-0.39, 0.29) is 16.1 Å². The zero-order valence-corrected chi connectivity index (χ0v) is 12.1. The van der Waals surface area contributed by atoms with E-state index < -0.39 is 33.6 Å². The van der Waals surface area contributed by atoms with E-state index >= 15 is 0 Å². The van der Waals surface area contributed by atoms with E-state index in [1.54, 1.807) is 0 Å². The number of aryl methyl sites for hydroxylation is 1. The van der Waals surface area contributed by atoms with Gasteiger partial charge in [-0.25, -0.2) is 8.42 Å². The number of methoxy groups -OCH3 is 1. The zero-order chi connectivity index (χ0) is 16.2. The van der Waals surface area contributed by atoms with Crippen LogP contribution < -0.4 is 4.72 Å². The van der Waals surface area contributed by atoms with Crippen LogP contribution in [0.25, 0.3) is 0 Å². The third-order valence-corrected chi connectivity index (χ3v) is 4.26. The van der Waals surface area contributed by atoms with Crippen molar-refractivity contribution in [3.05, 3.63) is 33.9 Å². The van der Waals surface area contributed by atoms with Gasteiger partial charge in [-0.3, -0.25) is 14.9 Å². The summed E-state index contributed by atoms with van der Waals surface area (Å²) in [6, 6.07) is 1.74. The maximum Gasteiger partial charge on any atom is 0.326 e. The van der Waals surface area contributed by atoms with Gasteiger partial charge >= 0.3 is 5.97 Å². The molecule has 0 fully saturated rings. The third-order valence-electron chi connectivity index (χ3n) is 2.62. The second-order valence-corrected chi connectivity index (χ2v) is 5.77. The highest BCUT2D eigenvalue weighted by atomic mass is 32.2. The van der Waals surface area contributed by atoms with E-state index in [1.165, 1.54) is 6.92 Å². The van der Waals surface area contributed by atoms with Crippen LogP contribution in [0.3, 0.4) is 0 Å². The summed E-state index contributed by atoms with van der Waals surface area (Å²) in [6.07, 6.45) is 0. The van der Waals surface area contributed by atoms with Crippen LogP contribution >= 0.6 is 0 Å². The molecule has 10 heteroatoms. The van der Waals surface area contributed by atoms with E-state index in [2.05, 4.69) is 4.74 Å². The van der Waals surface area contributed by atoms with E-state index in [0.29, 0.717) is 0 Å². The van der Waals surface area contributed by atoms with Crippen LogP contribution in [0.1, 0.15) is 5.56 Å². The number of rotatable bonds is 6.